The molecule has 3 aromatic carbocycles. The summed E-state index contributed by atoms with van der Waals surface area (Å²) in [6, 6.07) is 20.1. The van der Waals surface area contributed by atoms with Gasteiger partial charge in [-0.05, 0) is 61.0 Å². The van der Waals surface area contributed by atoms with Crippen LogP contribution in [0.5, 0.6) is 5.75 Å². The van der Waals surface area contributed by atoms with Crippen molar-refractivity contribution in [1.29, 1.82) is 0 Å². The summed E-state index contributed by atoms with van der Waals surface area (Å²) in [7, 11) is 0. The highest BCUT2D eigenvalue weighted by Gasteiger charge is 2.17. The van der Waals surface area contributed by atoms with E-state index < -0.39 is 0 Å². The zero-order valence-corrected chi connectivity index (χ0v) is 16.5. The molecule has 0 unspecified atom stereocenters. The molecule has 150 valence electrons. The number of rotatable bonds is 6. The second-order valence-corrected chi connectivity index (χ2v) is 6.93. The number of nitrogens with zero attached hydrogens (tertiary/aromatic N) is 1. The van der Waals surface area contributed by atoms with Crippen molar-refractivity contribution in [3.05, 3.63) is 112 Å². The summed E-state index contributed by atoms with van der Waals surface area (Å²) in [5.74, 6) is 0.0119. The highest BCUT2D eigenvalue weighted by molar-refractivity contribution is 6.10. The Balaban J connectivity index is 1.79. The number of para-hydroxylation sites is 1. The Bertz CT molecular complexity index is 1260. The van der Waals surface area contributed by atoms with Crippen LogP contribution in [-0.4, -0.2) is 17.0 Å². The maximum Gasteiger partial charge on any atom is 0.200 e. The molecule has 1 aromatic heterocycles. The zero-order valence-electron chi connectivity index (χ0n) is 16.5. The minimum Gasteiger partial charge on any atom is -0.494 e. The molecule has 1 heterocycles. The van der Waals surface area contributed by atoms with E-state index in [0.29, 0.717) is 29.9 Å². The van der Waals surface area contributed by atoms with E-state index >= 15 is 0 Å². The van der Waals surface area contributed by atoms with Crippen LogP contribution < -0.4 is 10.2 Å². The predicted molar refractivity (Wildman–Crippen MR) is 115 cm³/mol. The summed E-state index contributed by atoms with van der Waals surface area (Å²) in [5, 5.41) is 0.469. The van der Waals surface area contributed by atoms with E-state index in [1.54, 1.807) is 54.7 Å². The summed E-state index contributed by atoms with van der Waals surface area (Å²) in [6.07, 6.45) is 1.59. The number of hydrogen-bond acceptors (Lipinski definition) is 3. The first-order chi connectivity index (χ1) is 14.6. The Morgan fingerprint density at radius 2 is 1.67 bits per heavy atom. The largest absolute Gasteiger partial charge is 0.494 e. The van der Waals surface area contributed by atoms with E-state index in [0.717, 1.165) is 11.1 Å². The summed E-state index contributed by atoms with van der Waals surface area (Å²) in [4.78, 5) is 26.2. The third-order valence-electron chi connectivity index (χ3n) is 4.93. The van der Waals surface area contributed by atoms with Crippen LogP contribution in [0, 0.1) is 5.82 Å². The van der Waals surface area contributed by atoms with E-state index in [4.69, 9.17) is 4.74 Å². The molecular weight excluding hydrogens is 381 g/mol. The summed E-state index contributed by atoms with van der Waals surface area (Å²) < 4.78 is 20.5. The van der Waals surface area contributed by atoms with Crippen LogP contribution in [0.1, 0.15) is 28.4 Å². The van der Waals surface area contributed by atoms with E-state index in [-0.39, 0.29) is 22.6 Å². The van der Waals surface area contributed by atoms with Gasteiger partial charge in [0.05, 0.1) is 17.7 Å². The molecule has 5 heteroatoms. The normalized spacial score (nSPS) is 10.9. The van der Waals surface area contributed by atoms with Crippen LogP contribution in [0.15, 0.2) is 83.8 Å². The number of ether oxygens (including phenoxy) is 1. The highest BCUT2D eigenvalue weighted by atomic mass is 19.1. The van der Waals surface area contributed by atoms with Gasteiger partial charge in [0.25, 0.3) is 0 Å². The predicted octanol–water partition coefficient (Wildman–Crippen LogP) is 4.82. The molecule has 0 saturated heterocycles. The third kappa shape index (κ3) is 3.87. The van der Waals surface area contributed by atoms with Gasteiger partial charge in [-0.2, -0.15) is 0 Å². The number of carbonyl (C=O) groups is 1. The van der Waals surface area contributed by atoms with Crippen LogP contribution in [0.2, 0.25) is 0 Å². The zero-order chi connectivity index (χ0) is 21.1. The Morgan fingerprint density at radius 3 is 2.37 bits per heavy atom. The highest BCUT2D eigenvalue weighted by Crippen LogP contribution is 2.18. The number of hydrogen-bond donors (Lipinski definition) is 0. The molecule has 0 N–H and O–H groups in total. The number of ketones is 1. The van der Waals surface area contributed by atoms with Crippen molar-refractivity contribution in [2.45, 2.75) is 13.5 Å². The molecule has 0 fully saturated rings. The van der Waals surface area contributed by atoms with Crippen molar-refractivity contribution in [2.24, 2.45) is 0 Å². The number of halogens is 1. The molecule has 0 aliphatic carbocycles. The lowest BCUT2D eigenvalue weighted by atomic mass is 10.0. The fourth-order valence-corrected chi connectivity index (χ4v) is 3.45. The van der Waals surface area contributed by atoms with Crippen molar-refractivity contribution in [2.75, 3.05) is 6.61 Å². The minimum absolute atomic E-state index is 0.0972. The maximum atomic E-state index is 13.3. The van der Waals surface area contributed by atoms with Crippen LogP contribution in [0.3, 0.4) is 0 Å². The van der Waals surface area contributed by atoms with Crippen molar-refractivity contribution in [3.8, 4) is 5.75 Å². The van der Waals surface area contributed by atoms with Crippen LogP contribution in [0.4, 0.5) is 4.39 Å². The van der Waals surface area contributed by atoms with Gasteiger partial charge in [0, 0.05) is 23.7 Å². The molecule has 4 nitrogen and oxygen atoms in total. The standard InChI is InChI=1S/C25H20FNO3/c1-2-30-20-13-9-18(10-14-20)24(28)22-16-27(15-17-7-11-19(26)12-8-17)23-6-4-3-5-21(23)25(22)29/h3-14,16H,2,15H2,1H3. The summed E-state index contributed by atoms with van der Waals surface area (Å²) >= 11 is 0. The molecular formula is C25H20FNO3. The molecule has 4 aromatic rings. The van der Waals surface area contributed by atoms with E-state index in [1.807, 2.05) is 23.6 Å². The second kappa shape index (κ2) is 8.33. The van der Waals surface area contributed by atoms with Crippen molar-refractivity contribution in [1.82, 2.24) is 4.57 Å². The van der Waals surface area contributed by atoms with Crippen LogP contribution in [0.25, 0.3) is 10.9 Å². The van der Waals surface area contributed by atoms with Crippen LogP contribution >= 0.6 is 0 Å². The Kier molecular flexibility index (Phi) is 5.44. The number of benzene rings is 3. The molecule has 0 saturated carbocycles. The van der Waals surface area contributed by atoms with Gasteiger partial charge in [0.1, 0.15) is 11.6 Å². The lowest BCUT2D eigenvalue weighted by Crippen LogP contribution is -2.20. The van der Waals surface area contributed by atoms with Crippen molar-refractivity contribution < 1.29 is 13.9 Å². The van der Waals surface area contributed by atoms with Gasteiger partial charge in [0.15, 0.2) is 5.78 Å². The quantitative estimate of drug-likeness (QED) is 0.435. The average molecular weight is 401 g/mol. The first kappa shape index (κ1) is 19.6. The molecule has 0 aliphatic heterocycles. The van der Waals surface area contributed by atoms with Gasteiger partial charge in [-0.25, -0.2) is 4.39 Å². The average Bonchev–Trinajstić information content (AvgIpc) is 2.77. The second-order valence-electron chi connectivity index (χ2n) is 6.93. The fraction of sp³-hybridized carbons (Fsp3) is 0.120. The van der Waals surface area contributed by atoms with Gasteiger partial charge in [-0.15, -0.1) is 0 Å². The number of carbonyl (C=O) groups excluding carboxylic acids is 1. The molecule has 0 spiro atoms. The molecule has 0 bridgehead atoms. The van der Waals surface area contributed by atoms with Crippen molar-refractivity contribution in [3.63, 3.8) is 0 Å². The Morgan fingerprint density at radius 1 is 0.967 bits per heavy atom. The molecule has 0 amide bonds. The third-order valence-corrected chi connectivity index (χ3v) is 4.93. The number of aromatic nitrogens is 1. The number of fused-ring (bicyclic) bond motifs is 1. The van der Waals surface area contributed by atoms with Gasteiger partial charge in [-0.3, -0.25) is 9.59 Å². The fourth-order valence-electron chi connectivity index (χ4n) is 3.45. The first-order valence-corrected chi connectivity index (χ1v) is 9.71. The Hall–Kier alpha value is -3.73. The minimum atomic E-state index is -0.346. The maximum absolute atomic E-state index is 13.3. The molecule has 0 atom stereocenters. The van der Waals surface area contributed by atoms with Gasteiger partial charge in [0.2, 0.25) is 5.43 Å². The molecule has 4 rings (SSSR count). The molecule has 0 radical (unpaired) electrons. The topological polar surface area (TPSA) is 48.3 Å². The van der Waals surface area contributed by atoms with E-state index in [9.17, 15) is 14.0 Å². The van der Waals surface area contributed by atoms with E-state index in [1.165, 1.54) is 12.1 Å². The first-order valence-electron chi connectivity index (χ1n) is 9.71. The lowest BCUT2D eigenvalue weighted by molar-refractivity contribution is 0.103. The smallest absolute Gasteiger partial charge is 0.200 e. The van der Waals surface area contributed by atoms with Gasteiger partial charge < -0.3 is 9.30 Å². The molecule has 30 heavy (non-hydrogen) atoms. The monoisotopic (exact) mass is 401 g/mol. The van der Waals surface area contributed by atoms with Crippen LogP contribution in [-0.2, 0) is 6.54 Å². The lowest BCUT2D eigenvalue weighted by Gasteiger charge is -2.13. The summed E-state index contributed by atoms with van der Waals surface area (Å²) in [6.45, 7) is 2.83. The molecule has 0 aliphatic rings. The van der Waals surface area contributed by atoms with E-state index in [2.05, 4.69) is 0 Å². The summed E-state index contributed by atoms with van der Waals surface area (Å²) in [5.41, 5.74) is 1.79. The van der Waals surface area contributed by atoms with Gasteiger partial charge >= 0.3 is 0 Å². The van der Waals surface area contributed by atoms with Crippen molar-refractivity contribution >= 4 is 16.7 Å². The van der Waals surface area contributed by atoms with Gasteiger partial charge in [-0.1, -0.05) is 24.3 Å². The Labute approximate surface area is 173 Å². The SMILES string of the molecule is CCOc1ccc(C(=O)c2cn(Cc3ccc(F)cc3)c3ccccc3c2=O)cc1. The number of pyridine rings is 1.